The number of benzene rings is 1. The molecule has 0 bridgehead atoms. The van der Waals surface area contributed by atoms with E-state index in [1.54, 1.807) is 0 Å². The third kappa shape index (κ3) is 7.72. The molecular formula is C23H34N4O2S. The van der Waals surface area contributed by atoms with Gasteiger partial charge in [-0.3, -0.25) is 9.89 Å². The lowest BCUT2D eigenvalue weighted by Gasteiger charge is -2.34. The van der Waals surface area contributed by atoms with Gasteiger partial charge < -0.3 is 20.1 Å². The van der Waals surface area contributed by atoms with Crippen molar-refractivity contribution in [1.29, 1.82) is 0 Å². The summed E-state index contributed by atoms with van der Waals surface area (Å²) in [4.78, 5) is 8.25. The Balaban J connectivity index is 1.33. The molecule has 1 aliphatic heterocycles. The fraction of sp³-hybridized carbons (Fsp3) is 0.522. The van der Waals surface area contributed by atoms with Crippen LogP contribution in [0.3, 0.4) is 0 Å². The molecule has 1 aliphatic rings. The van der Waals surface area contributed by atoms with Gasteiger partial charge in [-0.1, -0.05) is 36.4 Å². The van der Waals surface area contributed by atoms with Gasteiger partial charge in [0.15, 0.2) is 5.96 Å². The van der Waals surface area contributed by atoms with E-state index in [0.717, 1.165) is 71.4 Å². The van der Waals surface area contributed by atoms with Crippen molar-refractivity contribution in [2.75, 3.05) is 59.7 Å². The van der Waals surface area contributed by atoms with Crippen LogP contribution < -0.4 is 10.6 Å². The lowest BCUT2D eigenvalue weighted by Crippen LogP contribution is -2.46. The Hall–Kier alpha value is -1.93. The van der Waals surface area contributed by atoms with E-state index in [2.05, 4.69) is 62.3 Å². The summed E-state index contributed by atoms with van der Waals surface area (Å²) in [5, 5.41) is 9.05. The first-order chi connectivity index (χ1) is 14.9. The molecule has 2 heterocycles. The van der Waals surface area contributed by atoms with Gasteiger partial charge in [0.2, 0.25) is 0 Å². The molecule has 1 atom stereocenters. The SMILES string of the molecule is CN=C(NCCCOCCc1ccccc1)NCC(c1cccs1)N1CCOCC1. The van der Waals surface area contributed by atoms with Crippen LogP contribution in [0.1, 0.15) is 22.9 Å². The highest BCUT2D eigenvalue weighted by Gasteiger charge is 2.23. The number of nitrogens with one attached hydrogen (secondary N) is 2. The number of guanidine groups is 1. The van der Waals surface area contributed by atoms with E-state index in [1.807, 2.05) is 24.5 Å². The molecule has 7 heteroatoms. The molecule has 2 aromatic rings. The van der Waals surface area contributed by atoms with Gasteiger partial charge >= 0.3 is 0 Å². The molecule has 1 saturated heterocycles. The van der Waals surface area contributed by atoms with Gasteiger partial charge in [0.05, 0.1) is 25.9 Å². The third-order valence-corrected chi connectivity index (χ3v) is 6.15. The topological polar surface area (TPSA) is 58.1 Å². The summed E-state index contributed by atoms with van der Waals surface area (Å²) in [6.45, 7) is 6.73. The molecular weight excluding hydrogens is 396 g/mol. The van der Waals surface area contributed by atoms with Crippen molar-refractivity contribution in [1.82, 2.24) is 15.5 Å². The number of rotatable bonds is 11. The maximum Gasteiger partial charge on any atom is 0.191 e. The Kier molecular flexibility index (Phi) is 10.2. The Morgan fingerprint density at radius 2 is 1.97 bits per heavy atom. The zero-order chi connectivity index (χ0) is 20.9. The maximum atomic E-state index is 5.76. The number of hydrogen-bond donors (Lipinski definition) is 2. The van der Waals surface area contributed by atoms with Gasteiger partial charge in [0.1, 0.15) is 0 Å². The molecule has 164 valence electrons. The van der Waals surface area contributed by atoms with Crippen LogP contribution >= 0.6 is 11.3 Å². The van der Waals surface area contributed by atoms with Crippen LogP contribution in [0, 0.1) is 0 Å². The minimum atomic E-state index is 0.341. The van der Waals surface area contributed by atoms with Crippen LogP contribution in [0.4, 0.5) is 0 Å². The summed E-state index contributed by atoms with van der Waals surface area (Å²) < 4.78 is 11.3. The largest absolute Gasteiger partial charge is 0.381 e. The van der Waals surface area contributed by atoms with E-state index in [0.29, 0.717) is 6.04 Å². The summed E-state index contributed by atoms with van der Waals surface area (Å²) in [6, 6.07) is 15.1. The Morgan fingerprint density at radius 1 is 1.13 bits per heavy atom. The highest BCUT2D eigenvalue weighted by atomic mass is 32.1. The molecule has 6 nitrogen and oxygen atoms in total. The molecule has 1 aromatic heterocycles. The smallest absolute Gasteiger partial charge is 0.191 e. The second-order valence-electron chi connectivity index (χ2n) is 7.26. The predicted octanol–water partition coefficient (Wildman–Crippen LogP) is 2.94. The minimum absolute atomic E-state index is 0.341. The van der Waals surface area contributed by atoms with Crippen molar-refractivity contribution >= 4 is 17.3 Å². The summed E-state index contributed by atoms with van der Waals surface area (Å²) in [7, 11) is 1.82. The van der Waals surface area contributed by atoms with Crippen molar-refractivity contribution < 1.29 is 9.47 Å². The van der Waals surface area contributed by atoms with Crippen LogP contribution in [-0.4, -0.2) is 70.5 Å². The summed E-state index contributed by atoms with van der Waals surface area (Å²) in [5.41, 5.74) is 1.32. The van der Waals surface area contributed by atoms with Gasteiger partial charge in [-0.05, 0) is 29.9 Å². The van der Waals surface area contributed by atoms with E-state index >= 15 is 0 Å². The Bertz CT molecular complexity index is 718. The third-order valence-electron chi connectivity index (χ3n) is 5.18. The number of aliphatic imine (C=N–C) groups is 1. The van der Waals surface area contributed by atoms with E-state index in [-0.39, 0.29) is 0 Å². The fourth-order valence-corrected chi connectivity index (χ4v) is 4.37. The van der Waals surface area contributed by atoms with Crippen LogP contribution in [0.5, 0.6) is 0 Å². The molecule has 3 rings (SSSR count). The standard InChI is InChI=1S/C23H34N4O2S/c1-24-23(25-11-6-14-28-15-10-20-7-3-2-4-8-20)26-19-21(22-9-5-18-30-22)27-12-16-29-17-13-27/h2-5,7-9,18,21H,6,10-17,19H2,1H3,(H2,24,25,26). The quantitative estimate of drug-likeness (QED) is 0.326. The maximum absolute atomic E-state index is 5.76. The first-order valence-corrected chi connectivity index (χ1v) is 11.7. The molecule has 1 unspecified atom stereocenters. The van der Waals surface area contributed by atoms with Crippen molar-refractivity contribution in [3.8, 4) is 0 Å². The van der Waals surface area contributed by atoms with Gasteiger partial charge in [-0.15, -0.1) is 11.3 Å². The lowest BCUT2D eigenvalue weighted by atomic mass is 10.2. The molecule has 0 spiro atoms. The Labute approximate surface area is 184 Å². The second kappa shape index (κ2) is 13.4. The van der Waals surface area contributed by atoms with Crippen molar-refractivity contribution in [3.05, 3.63) is 58.3 Å². The molecule has 1 fully saturated rings. The second-order valence-corrected chi connectivity index (χ2v) is 8.24. The first kappa shape index (κ1) is 22.7. The molecule has 30 heavy (non-hydrogen) atoms. The van der Waals surface area contributed by atoms with Crippen LogP contribution in [0.25, 0.3) is 0 Å². The average Bonchev–Trinajstić information content (AvgIpc) is 3.33. The fourth-order valence-electron chi connectivity index (χ4n) is 3.51. The first-order valence-electron chi connectivity index (χ1n) is 10.8. The van der Waals surface area contributed by atoms with Crippen LogP contribution in [0.2, 0.25) is 0 Å². The van der Waals surface area contributed by atoms with E-state index in [1.165, 1.54) is 10.4 Å². The highest BCUT2D eigenvalue weighted by Crippen LogP contribution is 2.25. The van der Waals surface area contributed by atoms with Crippen molar-refractivity contribution in [2.45, 2.75) is 18.9 Å². The monoisotopic (exact) mass is 430 g/mol. The number of thiophene rings is 1. The van der Waals surface area contributed by atoms with E-state index in [4.69, 9.17) is 9.47 Å². The number of hydrogen-bond acceptors (Lipinski definition) is 5. The van der Waals surface area contributed by atoms with Crippen molar-refractivity contribution in [3.63, 3.8) is 0 Å². The lowest BCUT2D eigenvalue weighted by molar-refractivity contribution is 0.0177. The minimum Gasteiger partial charge on any atom is -0.381 e. The average molecular weight is 431 g/mol. The highest BCUT2D eigenvalue weighted by molar-refractivity contribution is 7.10. The van der Waals surface area contributed by atoms with Gasteiger partial charge in [0.25, 0.3) is 0 Å². The number of nitrogens with zero attached hydrogens (tertiary/aromatic N) is 2. The van der Waals surface area contributed by atoms with Gasteiger partial charge in [0, 0.05) is 44.7 Å². The van der Waals surface area contributed by atoms with Gasteiger partial charge in [-0.2, -0.15) is 0 Å². The van der Waals surface area contributed by atoms with Crippen LogP contribution in [-0.2, 0) is 15.9 Å². The summed E-state index contributed by atoms with van der Waals surface area (Å²) >= 11 is 1.81. The zero-order valence-corrected chi connectivity index (χ0v) is 18.7. The van der Waals surface area contributed by atoms with E-state index < -0.39 is 0 Å². The zero-order valence-electron chi connectivity index (χ0n) is 17.9. The predicted molar refractivity (Wildman–Crippen MR) is 124 cm³/mol. The molecule has 0 amide bonds. The van der Waals surface area contributed by atoms with Crippen LogP contribution in [0.15, 0.2) is 52.8 Å². The molecule has 1 aromatic carbocycles. The van der Waals surface area contributed by atoms with E-state index in [9.17, 15) is 0 Å². The number of ether oxygens (including phenoxy) is 2. The van der Waals surface area contributed by atoms with Gasteiger partial charge in [-0.25, -0.2) is 0 Å². The molecule has 0 radical (unpaired) electrons. The normalized spacial score (nSPS) is 16.4. The molecule has 2 N–H and O–H groups in total. The summed E-state index contributed by atoms with van der Waals surface area (Å²) in [6.07, 6.45) is 1.91. The number of morpholine rings is 1. The summed E-state index contributed by atoms with van der Waals surface area (Å²) in [5.74, 6) is 0.842. The molecule has 0 aliphatic carbocycles. The van der Waals surface area contributed by atoms with Crippen molar-refractivity contribution in [2.24, 2.45) is 4.99 Å². The molecule has 0 saturated carbocycles. The Morgan fingerprint density at radius 3 is 2.70 bits per heavy atom.